The number of rotatable bonds is 8. The Morgan fingerprint density at radius 1 is 1.15 bits per heavy atom. The van der Waals surface area contributed by atoms with Gasteiger partial charge in [0.2, 0.25) is 0 Å². The first-order valence-corrected chi connectivity index (χ1v) is 9.12. The molecule has 2 atom stereocenters. The number of Topliss-reactive ketones (excluding diaryl/α,β-unsaturated/α-hetero) is 1. The van der Waals surface area contributed by atoms with Gasteiger partial charge in [0.25, 0.3) is 0 Å². The van der Waals surface area contributed by atoms with Gasteiger partial charge in [-0.1, -0.05) is 18.7 Å². The average Bonchev–Trinajstić information content (AvgIpc) is 3.05. The smallest absolute Gasteiger partial charge is 0.334 e. The van der Waals surface area contributed by atoms with Crippen LogP contribution in [0.1, 0.15) is 44.6 Å². The topological polar surface area (TPSA) is 78.9 Å². The third-order valence-electron chi connectivity index (χ3n) is 4.94. The maximum absolute atomic E-state index is 12.9. The third kappa shape index (κ3) is 3.89. The quantitative estimate of drug-likeness (QED) is 0.395. The Bertz CT molecular complexity index is 721. The van der Waals surface area contributed by atoms with Crippen molar-refractivity contribution in [3.63, 3.8) is 0 Å². The number of ketones is 1. The summed E-state index contributed by atoms with van der Waals surface area (Å²) in [4.78, 5) is 38.3. The summed E-state index contributed by atoms with van der Waals surface area (Å²) in [6, 6.07) is 6.92. The van der Waals surface area contributed by atoms with Crippen molar-refractivity contribution in [3.05, 3.63) is 42.0 Å². The van der Waals surface area contributed by atoms with Crippen molar-refractivity contribution in [1.82, 2.24) is 0 Å². The van der Waals surface area contributed by atoms with Gasteiger partial charge in [-0.3, -0.25) is 9.59 Å². The number of esters is 2. The number of hydrogen-bond donors (Lipinski definition) is 0. The minimum Gasteiger partial charge on any atom is -0.497 e. The Morgan fingerprint density at radius 2 is 1.78 bits per heavy atom. The van der Waals surface area contributed by atoms with E-state index in [0.717, 1.165) is 0 Å². The van der Waals surface area contributed by atoms with Gasteiger partial charge in [0.05, 0.1) is 20.3 Å². The first-order chi connectivity index (χ1) is 12.9. The zero-order valence-electron chi connectivity index (χ0n) is 16.1. The number of hydrogen-bond acceptors (Lipinski definition) is 6. The second-order valence-corrected chi connectivity index (χ2v) is 6.42. The van der Waals surface area contributed by atoms with Crippen LogP contribution in [0.4, 0.5) is 0 Å². The summed E-state index contributed by atoms with van der Waals surface area (Å²) in [6.07, 6.45) is 1.13. The molecule has 1 aromatic carbocycles. The lowest BCUT2D eigenvalue weighted by molar-refractivity contribution is -0.160. The van der Waals surface area contributed by atoms with Gasteiger partial charge in [-0.05, 0) is 44.4 Å². The van der Waals surface area contributed by atoms with E-state index in [1.807, 2.05) is 0 Å². The largest absolute Gasteiger partial charge is 0.497 e. The first-order valence-electron chi connectivity index (χ1n) is 9.12. The summed E-state index contributed by atoms with van der Waals surface area (Å²) >= 11 is 0. The van der Waals surface area contributed by atoms with Crippen molar-refractivity contribution in [1.29, 1.82) is 0 Å². The van der Waals surface area contributed by atoms with Crippen LogP contribution in [0, 0.1) is 5.41 Å². The molecule has 1 aliphatic rings. The summed E-state index contributed by atoms with van der Waals surface area (Å²) in [5, 5.41) is 0. The van der Waals surface area contributed by atoms with E-state index in [9.17, 15) is 14.4 Å². The summed E-state index contributed by atoms with van der Waals surface area (Å²) in [6.45, 7) is 7.59. The zero-order chi connectivity index (χ0) is 20.0. The monoisotopic (exact) mass is 374 g/mol. The normalized spacial score (nSPS) is 20.0. The number of methoxy groups -OCH3 is 1. The Kier molecular flexibility index (Phi) is 6.77. The number of carbonyl (C=O) groups is 3. The molecular weight excluding hydrogens is 348 g/mol. The van der Waals surface area contributed by atoms with Gasteiger partial charge in [-0.25, -0.2) is 4.79 Å². The lowest BCUT2D eigenvalue weighted by Crippen LogP contribution is -2.44. The molecule has 2 rings (SSSR count). The summed E-state index contributed by atoms with van der Waals surface area (Å²) in [7, 11) is 1.55. The maximum Gasteiger partial charge on any atom is 0.334 e. The highest BCUT2D eigenvalue weighted by atomic mass is 16.5. The van der Waals surface area contributed by atoms with Crippen LogP contribution in [0.5, 0.6) is 5.75 Å². The van der Waals surface area contributed by atoms with Crippen LogP contribution in [-0.2, 0) is 23.9 Å². The lowest BCUT2D eigenvalue weighted by atomic mass is 9.67. The van der Waals surface area contributed by atoms with Crippen LogP contribution in [0.15, 0.2) is 36.4 Å². The summed E-state index contributed by atoms with van der Waals surface area (Å²) < 4.78 is 15.5. The molecule has 0 saturated heterocycles. The van der Waals surface area contributed by atoms with Crippen LogP contribution in [0.2, 0.25) is 0 Å². The second-order valence-electron chi connectivity index (χ2n) is 6.42. The highest BCUT2D eigenvalue weighted by molar-refractivity contribution is 6.08. The van der Waals surface area contributed by atoms with Gasteiger partial charge < -0.3 is 14.2 Å². The fourth-order valence-electron chi connectivity index (χ4n) is 3.71. The van der Waals surface area contributed by atoms with Gasteiger partial charge in [0.1, 0.15) is 11.2 Å². The van der Waals surface area contributed by atoms with E-state index in [0.29, 0.717) is 24.2 Å². The molecule has 0 aromatic heterocycles. The molecule has 1 aliphatic carbocycles. The van der Waals surface area contributed by atoms with Crippen LogP contribution < -0.4 is 4.74 Å². The molecule has 6 heteroatoms. The van der Waals surface area contributed by atoms with Gasteiger partial charge >= 0.3 is 11.9 Å². The van der Waals surface area contributed by atoms with Crippen molar-refractivity contribution in [2.45, 2.75) is 39.0 Å². The second kappa shape index (κ2) is 8.84. The predicted octanol–water partition coefficient (Wildman–Crippen LogP) is 3.20. The van der Waals surface area contributed by atoms with Crippen LogP contribution in [0.3, 0.4) is 0 Å². The molecule has 0 N–H and O–H groups in total. The number of benzene rings is 1. The number of ether oxygens (including phenoxy) is 3. The molecule has 1 saturated carbocycles. The SMILES string of the molecule is C=C(C(=O)OCC)[C@@H](c1ccc(OC)cc1)[C@]1(C(=O)OCC)CCCC1=O. The molecule has 0 spiro atoms. The first kappa shape index (κ1) is 20.7. The molecule has 0 radical (unpaired) electrons. The molecule has 1 aromatic rings. The van der Waals surface area contributed by atoms with Gasteiger partial charge in [-0.2, -0.15) is 0 Å². The molecule has 0 bridgehead atoms. The standard InChI is InChI=1S/C21H26O6/c1-5-26-19(23)14(3)18(15-9-11-16(25-4)12-10-15)21(20(24)27-6-2)13-7-8-17(21)22/h9-12,18H,3,5-8,13H2,1-2,4H3/t18-,21-/m0/s1. The van der Waals surface area contributed by atoms with Crippen LogP contribution in [0.25, 0.3) is 0 Å². The fraction of sp³-hybridized carbons (Fsp3) is 0.476. The van der Waals surface area contributed by atoms with E-state index in [1.165, 1.54) is 0 Å². The van der Waals surface area contributed by atoms with Crippen LogP contribution >= 0.6 is 0 Å². The van der Waals surface area contributed by atoms with Crippen molar-refractivity contribution in [2.24, 2.45) is 5.41 Å². The van der Waals surface area contributed by atoms with Crippen molar-refractivity contribution >= 4 is 17.7 Å². The highest BCUT2D eigenvalue weighted by Crippen LogP contribution is 2.51. The third-order valence-corrected chi connectivity index (χ3v) is 4.94. The van der Waals surface area contributed by atoms with Crippen molar-refractivity contribution < 1.29 is 28.6 Å². The van der Waals surface area contributed by atoms with Crippen molar-refractivity contribution in [3.8, 4) is 5.75 Å². The fourth-order valence-corrected chi connectivity index (χ4v) is 3.71. The van der Waals surface area contributed by atoms with E-state index < -0.39 is 23.3 Å². The minimum absolute atomic E-state index is 0.0744. The van der Waals surface area contributed by atoms with Crippen molar-refractivity contribution in [2.75, 3.05) is 20.3 Å². The van der Waals surface area contributed by atoms with E-state index in [1.54, 1.807) is 45.2 Å². The molecule has 0 aliphatic heterocycles. The Hall–Kier alpha value is -2.63. The highest BCUT2D eigenvalue weighted by Gasteiger charge is 2.57. The van der Waals surface area contributed by atoms with E-state index >= 15 is 0 Å². The molecule has 1 fully saturated rings. The van der Waals surface area contributed by atoms with E-state index in [-0.39, 0.29) is 31.0 Å². The molecule has 6 nitrogen and oxygen atoms in total. The predicted molar refractivity (Wildman–Crippen MR) is 99.4 cm³/mol. The average molecular weight is 374 g/mol. The molecule has 0 unspecified atom stereocenters. The van der Waals surface area contributed by atoms with Gasteiger partial charge in [0, 0.05) is 17.9 Å². The molecule has 0 amide bonds. The van der Waals surface area contributed by atoms with Crippen LogP contribution in [-0.4, -0.2) is 38.0 Å². The lowest BCUT2D eigenvalue weighted by Gasteiger charge is -2.34. The molecule has 146 valence electrons. The summed E-state index contributed by atoms with van der Waals surface area (Å²) in [5.74, 6) is -1.69. The maximum atomic E-state index is 12.9. The van der Waals surface area contributed by atoms with Gasteiger partial charge in [0.15, 0.2) is 5.78 Å². The van der Waals surface area contributed by atoms with E-state index in [2.05, 4.69) is 6.58 Å². The Labute approximate surface area is 159 Å². The molecule has 0 heterocycles. The zero-order valence-corrected chi connectivity index (χ0v) is 16.1. The van der Waals surface area contributed by atoms with E-state index in [4.69, 9.17) is 14.2 Å². The Balaban J connectivity index is 2.60. The Morgan fingerprint density at radius 3 is 2.26 bits per heavy atom. The number of carbonyl (C=O) groups excluding carboxylic acids is 3. The summed E-state index contributed by atoms with van der Waals surface area (Å²) in [5.41, 5.74) is -0.767. The molecular formula is C21H26O6. The molecule has 27 heavy (non-hydrogen) atoms. The minimum atomic E-state index is -1.46. The van der Waals surface area contributed by atoms with Gasteiger partial charge in [-0.15, -0.1) is 0 Å².